The number of sulfonamides is 1. The fourth-order valence-corrected chi connectivity index (χ4v) is 8.55. The lowest BCUT2D eigenvalue weighted by Crippen LogP contribution is -2.38. The molecule has 3 N–H and O–H groups in total. The van der Waals surface area contributed by atoms with Crippen molar-refractivity contribution in [2.24, 2.45) is 11.7 Å². The quantitative estimate of drug-likeness (QED) is 0.360. The molecule has 1 unspecified atom stereocenters. The van der Waals surface area contributed by atoms with Gasteiger partial charge in [0.05, 0.1) is 16.8 Å². The van der Waals surface area contributed by atoms with Gasteiger partial charge in [0.25, 0.3) is 5.91 Å². The number of likely N-dealkylation sites (tertiary alicyclic amines) is 1. The van der Waals surface area contributed by atoms with E-state index >= 15 is 0 Å². The van der Waals surface area contributed by atoms with Gasteiger partial charge in [0.15, 0.2) is 0 Å². The molecule has 5 rings (SSSR count). The van der Waals surface area contributed by atoms with Crippen molar-refractivity contribution in [3.8, 4) is 11.1 Å². The van der Waals surface area contributed by atoms with Crippen molar-refractivity contribution in [3.05, 3.63) is 45.8 Å². The molecule has 0 spiro atoms. The molecule has 0 bridgehead atoms. The molecule has 3 aromatic rings. The molecular formula is C30H43N5O3S2. The molecule has 2 aromatic heterocycles. The van der Waals surface area contributed by atoms with E-state index in [2.05, 4.69) is 53.2 Å². The smallest absolute Gasteiger partial charge is 0.250 e. The molecule has 40 heavy (non-hydrogen) atoms. The lowest BCUT2D eigenvalue weighted by atomic mass is 9.88. The number of nitrogens with two attached hydrogens (primary N) is 1. The van der Waals surface area contributed by atoms with Crippen LogP contribution in [0.5, 0.6) is 0 Å². The Labute approximate surface area is 242 Å². The summed E-state index contributed by atoms with van der Waals surface area (Å²) in [6, 6.07) is 6.92. The largest absolute Gasteiger partial charge is 0.366 e. The first kappa shape index (κ1) is 29.3. The van der Waals surface area contributed by atoms with Crippen LogP contribution < -0.4 is 5.73 Å². The number of primary amides is 1. The number of hydrogen-bond acceptors (Lipinski definition) is 6. The van der Waals surface area contributed by atoms with Crippen molar-refractivity contribution in [1.29, 1.82) is 0 Å². The molecule has 0 saturated carbocycles. The maximum absolute atomic E-state index is 12.5. The highest BCUT2D eigenvalue weighted by molar-refractivity contribution is 7.89. The van der Waals surface area contributed by atoms with Gasteiger partial charge in [-0.1, -0.05) is 0 Å². The fraction of sp³-hybridized carbons (Fsp3) is 0.567. The standard InChI is InChI=1S/C30H43N5O3S2/c1-5-40(37,38)35-10-7-22(8-11-35)28-15-32-29-26(28)13-23(14-27(29)30(31)36)24-12-25(39-19-24)18-33(4)16-21-6-9-34(17-21)20(2)3/h12-15,19-22,32H,5-11,16-18H2,1-4H3,(H2,31,36). The Bertz CT molecular complexity index is 1450. The van der Waals surface area contributed by atoms with Gasteiger partial charge in [-0.3, -0.25) is 4.79 Å². The molecular weight excluding hydrogens is 542 g/mol. The van der Waals surface area contributed by atoms with Crippen LogP contribution in [0.1, 0.15) is 66.8 Å². The minimum absolute atomic E-state index is 0.131. The first-order valence-electron chi connectivity index (χ1n) is 14.5. The number of carbonyl (C=O) groups excluding carboxylic acids is 1. The van der Waals surface area contributed by atoms with Crippen LogP contribution in [-0.2, 0) is 16.6 Å². The minimum Gasteiger partial charge on any atom is -0.366 e. The van der Waals surface area contributed by atoms with Gasteiger partial charge < -0.3 is 20.5 Å². The predicted octanol–water partition coefficient (Wildman–Crippen LogP) is 4.69. The Hall–Kier alpha value is -2.24. The maximum atomic E-state index is 12.5. The van der Waals surface area contributed by atoms with Crippen molar-refractivity contribution in [2.75, 3.05) is 45.5 Å². The monoisotopic (exact) mass is 585 g/mol. The molecule has 10 heteroatoms. The van der Waals surface area contributed by atoms with Crippen molar-refractivity contribution in [3.63, 3.8) is 0 Å². The number of rotatable bonds is 10. The van der Waals surface area contributed by atoms with Crippen molar-refractivity contribution >= 4 is 38.2 Å². The number of nitrogens with one attached hydrogen (secondary N) is 1. The third kappa shape index (κ3) is 6.16. The average molecular weight is 586 g/mol. The molecule has 0 radical (unpaired) electrons. The molecule has 1 aromatic carbocycles. The van der Waals surface area contributed by atoms with Crippen molar-refractivity contribution < 1.29 is 13.2 Å². The summed E-state index contributed by atoms with van der Waals surface area (Å²) in [4.78, 5) is 22.1. The van der Waals surface area contributed by atoms with E-state index in [-0.39, 0.29) is 11.7 Å². The van der Waals surface area contributed by atoms with Gasteiger partial charge >= 0.3 is 0 Å². The molecule has 2 saturated heterocycles. The Morgan fingerprint density at radius 3 is 2.55 bits per heavy atom. The molecule has 0 aliphatic carbocycles. The number of fused-ring (bicyclic) bond motifs is 1. The van der Waals surface area contributed by atoms with Crippen LogP contribution in [0.3, 0.4) is 0 Å². The van der Waals surface area contributed by atoms with Gasteiger partial charge in [0, 0.05) is 55.2 Å². The third-order valence-electron chi connectivity index (χ3n) is 8.77. The zero-order chi connectivity index (χ0) is 28.6. The van der Waals surface area contributed by atoms with Crippen LogP contribution in [0.4, 0.5) is 0 Å². The summed E-state index contributed by atoms with van der Waals surface area (Å²) < 4.78 is 26.3. The third-order valence-corrected chi connectivity index (χ3v) is 11.6. The van der Waals surface area contributed by atoms with E-state index < -0.39 is 15.9 Å². The Balaban J connectivity index is 1.34. The van der Waals surface area contributed by atoms with Gasteiger partial charge in [-0.25, -0.2) is 12.7 Å². The van der Waals surface area contributed by atoms with Gasteiger partial charge in [0.2, 0.25) is 10.0 Å². The summed E-state index contributed by atoms with van der Waals surface area (Å²) in [5, 5.41) is 3.18. The maximum Gasteiger partial charge on any atom is 0.250 e. The Morgan fingerprint density at radius 2 is 1.90 bits per heavy atom. The van der Waals surface area contributed by atoms with Crippen LogP contribution in [0.15, 0.2) is 29.8 Å². The molecule has 4 heterocycles. The van der Waals surface area contributed by atoms with Crippen LogP contribution in [0, 0.1) is 5.92 Å². The number of benzene rings is 1. The van der Waals surface area contributed by atoms with E-state index in [0.29, 0.717) is 30.6 Å². The minimum atomic E-state index is -3.18. The molecule has 1 amide bonds. The van der Waals surface area contributed by atoms with Gasteiger partial charge in [0.1, 0.15) is 0 Å². The first-order valence-corrected chi connectivity index (χ1v) is 17.0. The number of H-pyrrole nitrogens is 1. The molecule has 2 aliphatic heterocycles. The number of carbonyl (C=O) groups is 1. The lowest BCUT2D eigenvalue weighted by molar-refractivity contribution is 0.100. The second-order valence-corrected chi connectivity index (χ2v) is 15.1. The average Bonchev–Trinajstić information content (AvgIpc) is 3.68. The molecule has 8 nitrogen and oxygen atoms in total. The Morgan fingerprint density at radius 1 is 1.15 bits per heavy atom. The zero-order valence-electron chi connectivity index (χ0n) is 24.2. The van der Waals surface area contributed by atoms with Gasteiger partial charge in [-0.05, 0) is 106 Å². The Kier molecular flexibility index (Phi) is 8.73. The number of hydrogen-bond donors (Lipinski definition) is 2. The van der Waals surface area contributed by atoms with Gasteiger partial charge in [-0.15, -0.1) is 11.3 Å². The fourth-order valence-electron chi connectivity index (χ4n) is 6.45. The number of thiophene rings is 1. The van der Waals surface area contributed by atoms with E-state index in [1.807, 2.05) is 12.3 Å². The highest BCUT2D eigenvalue weighted by atomic mass is 32.2. The number of aromatic nitrogens is 1. The zero-order valence-corrected chi connectivity index (χ0v) is 25.8. The summed E-state index contributed by atoms with van der Waals surface area (Å²) in [6.45, 7) is 11.7. The molecule has 2 aliphatic rings. The summed E-state index contributed by atoms with van der Waals surface area (Å²) in [6.07, 6.45) is 4.76. The normalized spacial score (nSPS) is 19.9. The topological polar surface area (TPSA) is 103 Å². The lowest BCUT2D eigenvalue weighted by Gasteiger charge is -2.31. The number of amides is 1. The molecule has 2 fully saturated rings. The van der Waals surface area contributed by atoms with Crippen molar-refractivity contribution in [1.82, 2.24) is 19.1 Å². The summed E-state index contributed by atoms with van der Waals surface area (Å²) >= 11 is 1.76. The number of aromatic amines is 1. The van der Waals surface area contributed by atoms with E-state index in [9.17, 15) is 13.2 Å². The van der Waals surface area contributed by atoms with Gasteiger partial charge in [-0.2, -0.15) is 0 Å². The SMILES string of the molecule is CCS(=O)(=O)N1CCC(c2c[nH]c3c(C(N)=O)cc(-c4csc(CN(C)CC5CCN(C(C)C)C5)c4)cc23)CC1. The van der Waals surface area contributed by atoms with E-state index in [1.165, 1.54) is 24.4 Å². The highest BCUT2D eigenvalue weighted by Gasteiger charge is 2.29. The molecule has 218 valence electrons. The highest BCUT2D eigenvalue weighted by Crippen LogP contribution is 2.38. The number of piperidine rings is 1. The first-order chi connectivity index (χ1) is 19.1. The van der Waals surface area contributed by atoms with E-state index in [1.54, 1.807) is 22.6 Å². The summed E-state index contributed by atoms with van der Waals surface area (Å²) in [5.74, 6) is 0.618. The van der Waals surface area contributed by atoms with Crippen LogP contribution in [0.2, 0.25) is 0 Å². The summed E-state index contributed by atoms with van der Waals surface area (Å²) in [7, 11) is -0.970. The molecule has 1 atom stereocenters. The van der Waals surface area contributed by atoms with Crippen LogP contribution >= 0.6 is 11.3 Å². The van der Waals surface area contributed by atoms with E-state index in [0.717, 1.165) is 53.5 Å². The predicted molar refractivity (Wildman–Crippen MR) is 164 cm³/mol. The second-order valence-electron chi connectivity index (χ2n) is 11.9. The number of nitrogens with zero attached hydrogens (tertiary/aromatic N) is 3. The van der Waals surface area contributed by atoms with Crippen molar-refractivity contribution in [2.45, 2.75) is 58.5 Å². The van der Waals surface area contributed by atoms with Crippen LogP contribution in [0.25, 0.3) is 22.0 Å². The van der Waals surface area contributed by atoms with Crippen LogP contribution in [-0.4, -0.2) is 85.0 Å². The second kappa shape index (κ2) is 11.9. The summed E-state index contributed by atoms with van der Waals surface area (Å²) in [5.41, 5.74) is 10.3. The van der Waals surface area contributed by atoms with E-state index in [4.69, 9.17) is 5.73 Å².